The molecule has 2 aliphatic rings. The third kappa shape index (κ3) is 4.52. The Kier molecular flexibility index (Phi) is 6.82. The third-order valence-corrected chi connectivity index (χ3v) is 6.45. The van der Waals surface area contributed by atoms with E-state index in [9.17, 15) is 9.59 Å². The highest BCUT2D eigenvalue weighted by atomic mass is 35.5. The van der Waals surface area contributed by atoms with Crippen LogP contribution in [0.4, 0.5) is 0 Å². The maximum Gasteiger partial charge on any atom is 0.277 e. The first-order valence-corrected chi connectivity index (χ1v) is 11.4. The molecule has 7 heteroatoms. The minimum atomic E-state index is -0.234. The van der Waals surface area contributed by atoms with Gasteiger partial charge in [-0.15, -0.1) is 0 Å². The van der Waals surface area contributed by atoms with Gasteiger partial charge < -0.3 is 14.5 Å². The van der Waals surface area contributed by atoms with Crippen LogP contribution in [0.1, 0.15) is 18.1 Å². The number of rotatable bonds is 7. The fourth-order valence-electron chi connectivity index (χ4n) is 4.26. The van der Waals surface area contributed by atoms with Crippen molar-refractivity contribution >= 4 is 29.0 Å². The van der Waals surface area contributed by atoms with Crippen molar-refractivity contribution in [2.24, 2.45) is 0 Å². The van der Waals surface area contributed by atoms with Gasteiger partial charge in [0.15, 0.2) is 0 Å². The van der Waals surface area contributed by atoms with E-state index in [2.05, 4.69) is 16.7 Å². The molecule has 0 aliphatic carbocycles. The van der Waals surface area contributed by atoms with Crippen molar-refractivity contribution in [3.05, 3.63) is 70.4 Å². The Hall–Kier alpha value is -2.83. The average Bonchev–Trinajstić information content (AvgIpc) is 3.08. The van der Waals surface area contributed by atoms with Crippen molar-refractivity contribution in [3.63, 3.8) is 0 Å². The quantitative estimate of drug-likeness (QED) is 0.602. The molecule has 32 heavy (non-hydrogen) atoms. The zero-order chi connectivity index (χ0) is 22.7. The zero-order valence-corrected chi connectivity index (χ0v) is 19.3. The van der Waals surface area contributed by atoms with Crippen molar-refractivity contribution in [1.82, 2.24) is 14.7 Å². The van der Waals surface area contributed by atoms with Gasteiger partial charge in [0.05, 0.1) is 12.7 Å². The number of amides is 2. The van der Waals surface area contributed by atoms with Crippen LogP contribution in [0.15, 0.2) is 54.2 Å². The number of methoxy groups -OCH3 is 1. The molecule has 0 saturated carbocycles. The summed E-state index contributed by atoms with van der Waals surface area (Å²) in [6.45, 7) is 6.67. The van der Waals surface area contributed by atoms with Gasteiger partial charge in [0.2, 0.25) is 0 Å². The zero-order valence-electron chi connectivity index (χ0n) is 18.5. The van der Waals surface area contributed by atoms with E-state index in [0.29, 0.717) is 35.0 Å². The Morgan fingerprint density at radius 2 is 1.56 bits per heavy atom. The molecule has 0 radical (unpaired) electrons. The summed E-state index contributed by atoms with van der Waals surface area (Å²) in [5, 5.41) is 0.666. The largest absolute Gasteiger partial charge is 0.497 e. The molecule has 6 nitrogen and oxygen atoms in total. The van der Waals surface area contributed by atoms with Crippen LogP contribution in [0.25, 0.3) is 5.57 Å². The second-order valence-corrected chi connectivity index (χ2v) is 8.45. The Bertz CT molecular complexity index is 1010. The molecule has 0 N–H and O–H groups in total. The number of carbonyl (C=O) groups is 2. The number of piperazine rings is 1. The topological polar surface area (TPSA) is 53.1 Å². The highest BCUT2D eigenvalue weighted by molar-refractivity contribution is 6.35. The summed E-state index contributed by atoms with van der Waals surface area (Å²) in [6, 6.07) is 14.8. The minimum absolute atomic E-state index is 0.209. The maximum absolute atomic E-state index is 13.5. The molecular weight excluding hydrogens is 426 g/mol. The summed E-state index contributed by atoms with van der Waals surface area (Å²) in [7, 11) is 1.61. The van der Waals surface area contributed by atoms with Crippen LogP contribution in [-0.2, 0) is 16.0 Å². The number of ether oxygens (including phenoxy) is 1. The predicted molar refractivity (Wildman–Crippen MR) is 125 cm³/mol. The fourth-order valence-corrected chi connectivity index (χ4v) is 4.38. The number of hydrogen-bond acceptors (Lipinski definition) is 5. The molecule has 2 aromatic carbocycles. The Labute approximate surface area is 194 Å². The van der Waals surface area contributed by atoms with E-state index in [1.54, 1.807) is 7.11 Å². The standard InChI is InChI=1S/C25H28ClN3O3/c1-3-27-14-16-28(17-15-27)23-22(19-6-10-21(32-2)11-7-19)24(30)29(25(23)31)13-12-18-4-8-20(26)9-5-18/h4-11H,3,12-17H2,1-2H3. The summed E-state index contributed by atoms with van der Waals surface area (Å²) < 4.78 is 5.26. The molecule has 1 saturated heterocycles. The maximum atomic E-state index is 13.5. The number of nitrogens with zero attached hydrogens (tertiary/aromatic N) is 3. The van der Waals surface area contributed by atoms with Crippen LogP contribution < -0.4 is 4.74 Å². The molecule has 0 aromatic heterocycles. The van der Waals surface area contributed by atoms with Crippen LogP contribution >= 0.6 is 11.6 Å². The van der Waals surface area contributed by atoms with Crippen LogP contribution in [0.5, 0.6) is 5.75 Å². The van der Waals surface area contributed by atoms with E-state index >= 15 is 0 Å². The number of benzene rings is 2. The van der Waals surface area contributed by atoms with E-state index in [0.717, 1.165) is 43.9 Å². The SMILES string of the molecule is CCN1CCN(C2=C(c3ccc(OC)cc3)C(=O)N(CCc3ccc(Cl)cc3)C2=O)CC1. The van der Waals surface area contributed by atoms with Crippen molar-refractivity contribution < 1.29 is 14.3 Å². The van der Waals surface area contributed by atoms with Gasteiger partial charge in [-0.05, 0) is 48.4 Å². The Morgan fingerprint density at radius 3 is 2.16 bits per heavy atom. The van der Waals surface area contributed by atoms with Crippen molar-refractivity contribution in [1.29, 1.82) is 0 Å². The monoisotopic (exact) mass is 453 g/mol. The average molecular weight is 454 g/mol. The van der Waals surface area contributed by atoms with Gasteiger partial charge in [-0.25, -0.2) is 0 Å². The van der Waals surface area contributed by atoms with E-state index in [4.69, 9.17) is 16.3 Å². The number of hydrogen-bond donors (Lipinski definition) is 0. The summed E-state index contributed by atoms with van der Waals surface area (Å²) in [4.78, 5) is 32.8. The molecule has 0 spiro atoms. The van der Waals surface area contributed by atoms with Crippen molar-refractivity contribution in [2.75, 3.05) is 46.4 Å². The number of halogens is 1. The molecule has 0 atom stereocenters. The van der Waals surface area contributed by atoms with Gasteiger partial charge >= 0.3 is 0 Å². The molecule has 168 valence electrons. The first-order chi connectivity index (χ1) is 15.5. The van der Waals surface area contributed by atoms with Gasteiger partial charge in [0.25, 0.3) is 11.8 Å². The van der Waals surface area contributed by atoms with Gasteiger partial charge in [-0.3, -0.25) is 14.5 Å². The van der Waals surface area contributed by atoms with E-state index in [-0.39, 0.29) is 11.8 Å². The molecule has 2 heterocycles. The summed E-state index contributed by atoms with van der Waals surface area (Å²) in [5.41, 5.74) is 2.78. The Morgan fingerprint density at radius 1 is 0.906 bits per heavy atom. The van der Waals surface area contributed by atoms with Gasteiger partial charge in [-0.1, -0.05) is 42.8 Å². The van der Waals surface area contributed by atoms with Gasteiger partial charge in [-0.2, -0.15) is 0 Å². The molecule has 2 aromatic rings. The number of carbonyl (C=O) groups excluding carboxylic acids is 2. The summed E-state index contributed by atoms with van der Waals surface area (Å²) >= 11 is 5.98. The molecular formula is C25H28ClN3O3. The first kappa shape index (κ1) is 22.4. The van der Waals surface area contributed by atoms with Gasteiger partial charge in [0, 0.05) is 37.7 Å². The van der Waals surface area contributed by atoms with Crippen LogP contribution in [0.3, 0.4) is 0 Å². The number of likely N-dealkylation sites (N-methyl/N-ethyl adjacent to an activating group) is 1. The molecule has 1 fully saturated rings. The highest BCUT2D eigenvalue weighted by Crippen LogP contribution is 2.33. The lowest BCUT2D eigenvalue weighted by Crippen LogP contribution is -2.47. The molecule has 0 unspecified atom stereocenters. The first-order valence-electron chi connectivity index (χ1n) is 11.0. The van der Waals surface area contributed by atoms with Crippen LogP contribution in [-0.4, -0.2) is 72.9 Å². The third-order valence-electron chi connectivity index (χ3n) is 6.20. The summed E-state index contributed by atoms with van der Waals surface area (Å²) in [6.07, 6.45) is 0.585. The minimum Gasteiger partial charge on any atom is -0.497 e. The highest BCUT2D eigenvalue weighted by Gasteiger charge is 2.41. The van der Waals surface area contributed by atoms with Crippen molar-refractivity contribution in [2.45, 2.75) is 13.3 Å². The molecule has 4 rings (SSSR count). The molecule has 2 aliphatic heterocycles. The fraction of sp³-hybridized carbons (Fsp3) is 0.360. The normalized spacial score (nSPS) is 17.5. The van der Waals surface area contributed by atoms with Gasteiger partial charge in [0.1, 0.15) is 11.4 Å². The number of imide groups is 1. The van der Waals surface area contributed by atoms with Crippen molar-refractivity contribution in [3.8, 4) is 5.75 Å². The van der Waals surface area contributed by atoms with E-state index in [1.165, 1.54) is 4.90 Å². The Balaban J connectivity index is 1.62. The molecule has 2 amide bonds. The second kappa shape index (κ2) is 9.76. The van der Waals surface area contributed by atoms with E-state index in [1.807, 2.05) is 48.5 Å². The lowest BCUT2D eigenvalue weighted by atomic mass is 10.0. The summed E-state index contributed by atoms with van der Waals surface area (Å²) in [5.74, 6) is 0.269. The predicted octanol–water partition coefficient (Wildman–Crippen LogP) is 3.31. The van der Waals surface area contributed by atoms with E-state index < -0.39 is 0 Å². The lowest BCUT2D eigenvalue weighted by Gasteiger charge is -2.36. The lowest BCUT2D eigenvalue weighted by molar-refractivity contribution is -0.137. The second-order valence-electron chi connectivity index (χ2n) is 8.01. The van der Waals surface area contributed by atoms with Crippen LogP contribution in [0.2, 0.25) is 5.02 Å². The molecule has 0 bridgehead atoms. The van der Waals surface area contributed by atoms with Crippen LogP contribution in [0, 0.1) is 0 Å². The smallest absolute Gasteiger partial charge is 0.277 e.